The van der Waals surface area contributed by atoms with E-state index in [0.717, 1.165) is 0 Å². The molecule has 0 atom stereocenters. The van der Waals surface area contributed by atoms with E-state index in [1.165, 1.54) is 31.4 Å². The highest BCUT2D eigenvalue weighted by atomic mass is 19.1. The van der Waals surface area contributed by atoms with Crippen molar-refractivity contribution in [3.05, 3.63) is 47.5 Å². The van der Waals surface area contributed by atoms with Gasteiger partial charge >= 0.3 is 0 Å². The number of rotatable bonds is 2. The molecular formula is C14H13F2NO. The van der Waals surface area contributed by atoms with Gasteiger partial charge in [-0.3, -0.25) is 0 Å². The fourth-order valence-corrected chi connectivity index (χ4v) is 1.74. The van der Waals surface area contributed by atoms with Crippen molar-refractivity contribution < 1.29 is 13.5 Å². The van der Waals surface area contributed by atoms with Gasteiger partial charge in [-0.2, -0.15) is 0 Å². The zero-order valence-electron chi connectivity index (χ0n) is 10.1. The third-order valence-corrected chi connectivity index (χ3v) is 2.82. The minimum absolute atomic E-state index is 0.151. The standard InChI is InChI=1S/C14H13F2NO/c1-8-5-12(15)11(7-14(8)17)10-4-3-9(18-2)6-13(10)16/h3-7H,17H2,1-2H3. The minimum atomic E-state index is -0.545. The fraction of sp³-hybridized carbons (Fsp3) is 0.143. The molecule has 0 aliphatic carbocycles. The van der Waals surface area contributed by atoms with Crippen LogP contribution < -0.4 is 10.5 Å². The highest BCUT2D eigenvalue weighted by Gasteiger charge is 2.12. The Bertz CT molecular complexity index is 597. The van der Waals surface area contributed by atoms with Crippen LogP contribution in [0.15, 0.2) is 30.3 Å². The third kappa shape index (κ3) is 2.14. The molecule has 2 aromatic rings. The van der Waals surface area contributed by atoms with Gasteiger partial charge in [-0.15, -0.1) is 0 Å². The number of hydrogen-bond acceptors (Lipinski definition) is 2. The first-order valence-electron chi connectivity index (χ1n) is 5.42. The fourth-order valence-electron chi connectivity index (χ4n) is 1.74. The van der Waals surface area contributed by atoms with Crippen LogP contribution in [0.5, 0.6) is 5.75 Å². The van der Waals surface area contributed by atoms with Crippen molar-refractivity contribution >= 4 is 5.69 Å². The Hall–Kier alpha value is -2.10. The van der Waals surface area contributed by atoms with E-state index in [9.17, 15) is 8.78 Å². The minimum Gasteiger partial charge on any atom is -0.497 e. The summed E-state index contributed by atoms with van der Waals surface area (Å²) in [6, 6.07) is 7.00. The molecule has 4 heteroatoms. The molecule has 0 saturated carbocycles. The van der Waals surface area contributed by atoms with Gasteiger partial charge in [0.05, 0.1) is 7.11 Å². The van der Waals surface area contributed by atoms with Crippen molar-refractivity contribution in [1.82, 2.24) is 0 Å². The maximum absolute atomic E-state index is 13.8. The molecule has 0 amide bonds. The van der Waals surface area contributed by atoms with Gasteiger partial charge in [0, 0.05) is 22.9 Å². The smallest absolute Gasteiger partial charge is 0.134 e. The van der Waals surface area contributed by atoms with E-state index >= 15 is 0 Å². The Kier molecular flexibility index (Phi) is 3.19. The van der Waals surface area contributed by atoms with Crippen molar-refractivity contribution in [2.24, 2.45) is 0 Å². The van der Waals surface area contributed by atoms with Gasteiger partial charge in [-0.1, -0.05) is 0 Å². The van der Waals surface area contributed by atoms with Crippen LogP contribution in [0.25, 0.3) is 11.1 Å². The topological polar surface area (TPSA) is 35.2 Å². The lowest BCUT2D eigenvalue weighted by Gasteiger charge is -2.09. The Morgan fingerprint density at radius 3 is 2.28 bits per heavy atom. The largest absolute Gasteiger partial charge is 0.497 e. The molecular weight excluding hydrogens is 236 g/mol. The normalized spacial score (nSPS) is 10.4. The summed E-state index contributed by atoms with van der Waals surface area (Å²) < 4.78 is 32.6. The predicted octanol–water partition coefficient (Wildman–Crippen LogP) is 3.53. The molecule has 18 heavy (non-hydrogen) atoms. The van der Waals surface area contributed by atoms with E-state index in [2.05, 4.69) is 0 Å². The van der Waals surface area contributed by atoms with E-state index in [1.54, 1.807) is 13.0 Å². The zero-order valence-corrected chi connectivity index (χ0v) is 10.1. The Morgan fingerprint density at radius 1 is 1.00 bits per heavy atom. The van der Waals surface area contributed by atoms with E-state index in [0.29, 0.717) is 17.0 Å². The molecule has 0 saturated heterocycles. The number of aryl methyl sites for hydroxylation is 1. The average molecular weight is 249 g/mol. The van der Waals surface area contributed by atoms with Crippen LogP contribution in [0.1, 0.15) is 5.56 Å². The number of ether oxygens (including phenoxy) is 1. The van der Waals surface area contributed by atoms with E-state index in [-0.39, 0.29) is 11.1 Å². The van der Waals surface area contributed by atoms with Gasteiger partial charge in [0.2, 0.25) is 0 Å². The summed E-state index contributed by atoms with van der Waals surface area (Å²) >= 11 is 0. The van der Waals surface area contributed by atoms with Crippen molar-refractivity contribution in [2.75, 3.05) is 12.8 Å². The van der Waals surface area contributed by atoms with Crippen LogP contribution >= 0.6 is 0 Å². The van der Waals surface area contributed by atoms with Crippen molar-refractivity contribution in [3.8, 4) is 16.9 Å². The van der Waals surface area contributed by atoms with Crippen molar-refractivity contribution in [1.29, 1.82) is 0 Å². The number of anilines is 1. The quantitative estimate of drug-likeness (QED) is 0.826. The highest BCUT2D eigenvalue weighted by molar-refractivity contribution is 5.70. The number of methoxy groups -OCH3 is 1. The van der Waals surface area contributed by atoms with Gasteiger partial charge in [0.25, 0.3) is 0 Å². The number of halogens is 2. The lowest BCUT2D eigenvalue weighted by atomic mass is 10.0. The predicted molar refractivity (Wildman–Crippen MR) is 67.5 cm³/mol. The molecule has 2 nitrogen and oxygen atoms in total. The van der Waals surface area contributed by atoms with Crippen molar-refractivity contribution in [2.45, 2.75) is 6.92 Å². The monoisotopic (exact) mass is 249 g/mol. The van der Waals surface area contributed by atoms with Gasteiger partial charge < -0.3 is 10.5 Å². The molecule has 0 fully saturated rings. The first kappa shape index (κ1) is 12.4. The lowest BCUT2D eigenvalue weighted by molar-refractivity contribution is 0.411. The second-order valence-electron chi connectivity index (χ2n) is 4.03. The maximum Gasteiger partial charge on any atom is 0.134 e. The average Bonchev–Trinajstić information content (AvgIpc) is 2.34. The van der Waals surface area contributed by atoms with Gasteiger partial charge in [0.1, 0.15) is 17.4 Å². The van der Waals surface area contributed by atoms with Crippen LogP contribution in [0.3, 0.4) is 0 Å². The van der Waals surface area contributed by atoms with Crippen molar-refractivity contribution in [3.63, 3.8) is 0 Å². The van der Waals surface area contributed by atoms with E-state index in [1.807, 2.05) is 0 Å². The van der Waals surface area contributed by atoms with Crippen LogP contribution in [0.2, 0.25) is 0 Å². The van der Waals surface area contributed by atoms with Gasteiger partial charge in [-0.05, 0) is 36.8 Å². The van der Waals surface area contributed by atoms with Crippen LogP contribution in [-0.2, 0) is 0 Å². The number of nitrogens with two attached hydrogens (primary N) is 1. The highest BCUT2D eigenvalue weighted by Crippen LogP contribution is 2.30. The van der Waals surface area contributed by atoms with Crippen LogP contribution in [0, 0.1) is 18.6 Å². The summed E-state index contributed by atoms with van der Waals surface area (Å²) in [5, 5.41) is 0. The molecule has 0 aromatic heterocycles. The number of hydrogen-bond donors (Lipinski definition) is 1. The molecule has 94 valence electrons. The first-order chi connectivity index (χ1) is 8.52. The SMILES string of the molecule is COc1ccc(-c2cc(N)c(C)cc2F)c(F)c1. The number of nitrogen functional groups attached to an aromatic ring is 1. The molecule has 2 N–H and O–H groups in total. The Morgan fingerprint density at radius 2 is 1.67 bits per heavy atom. The van der Waals surface area contributed by atoms with Crippen LogP contribution in [-0.4, -0.2) is 7.11 Å². The summed E-state index contributed by atoms with van der Waals surface area (Å²) in [6.07, 6.45) is 0. The third-order valence-electron chi connectivity index (χ3n) is 2.82. The summed E-state index contributed by atoms with van der Waals surface area (Å²) in [5.74, 6) is -0.654. The summed E-state index contributed by atoms with van der Waals surface area (Å²) in [4.78, 5) is 0. The Balaban J connectivity index is 2.58. The van der Waals surface area contributed by atoms with Crippen LogP contribution in [0.4, 0.5) is 14.5 Å². The second-order valence-corrected chi connectivity index (χ2v) is 4.03. The van der Waals surface area contributed by atoms with Gasteiger partial charge in [-0.25, -0.2) is 8.78 Å². The molecule has 2 rings (SSSR count). The lowest BCUT2D eigenvalue weighted by Crippen LogP contribution is -1.95. The molecule has 0 spiro atoms. The molecule has 2 aromatic carbocycles. The summed E-state index contributed by atoms with van der Waals surface area (Å²) in [5.41, 5.74) is 7.10. The molecule has 0 aliphatic heterocycles. The molecule has 0 aliphatic rings. The summed E-state index contributed by atoms with van der Waals surface area (Å²) in [6.45, 7) is 1.70. The number of benzene rings is 2. The second kappa shape index (κ2) is 4.64. The van der Waals surface area contributed by atoms with E-state index < -0.39 is 11.6 Å². The first-order valence-corrected chi connectivity index (χ1v) is 5.42. The molecule has 0 heterocycles. The maximum atomic E-state index is 13.8. The summed E-state index contributed by atoms with van der Waals surface area (Å²) in [7, 11) is 1.44. The molecule has 0 radical (unpaired) electrons. The molecule has 0 bridgehead atoms. The van der Waals surface area contributed by atoms with E-state index in [4.69, 9.17) is 10.5 Å². The van der Waals surface area contributed by atoms with Gasteiger partial charge in [0.15, 0.2) is 0 Å². The zero-order chi connectivity index (χ0) is 13.3. The molecule has 0 unspecified atom stereocenters. The Labute approximate surface area is 104 Å².